The summed E-state index contributed by atoms with van der Waals surface area (Å²) in [6.45, 7) is 2.59. The van der Waals surface area contributed by atoms with E-state index in [-0.39, 0.29) is 18.6 Å². The molecule has 2 atom stereocenters. The quantitative estimate of drug-likeness (QED) is 0.875. The van der Waals surface area contributed by atoms with Gasteiger partial charge in [0.2, 0.25) is 5.91 Å². The first-order valence-electron chi connectivity index (χ1n) is 5.83. The van der Waals surface area contributed by atoms with E-state index in [1.165, 1.54) is 5.56 Å². The molecule has 1 aliphatic rings. The number of benzene rings is 1. The fourth-order valence-corrected chi connectivity index (χ4v) is 2.10. The first kappa shape index (κ1) is 12.4. The van der Waals surface area contributed by atoms with Crippen LogP contribution in [0.2, 0.25) is 5.02 Å². The maximum Gasteiger partial charge on any atom is 0.246 e. The highest BCUT2D eigenvalue weighted by Gasteiger charge is 2.39. The Morgan fingerprint density at radius 2 is 2.41 bits per heavy atom. The van der Waals surface area contributed by atoms with Crippen LogP contribution >= 0.6 is 11.6 Å². The number of hydrogen-bond donors (Lipinski definition) is 1. The molecule has 1 aromatic rings. The zero-order valence-corrected chi connectivity index (χ0v) is 10.5. The van der Waals surface area contributed by atoms with Crippen molar-refractivity contribution in [3.8, 4) is 0 Å². The van der Waals surface area contributed by atoms with Gasteiger partial charge in [0.05, 0.1) is 0 Å². The van der Waals surface area contributed by atoms with Gasteiger partial charge >= 0.3 is 0 Å². The fourth-order valence-electron chi connectivity index (χ4n) is 1.90. The molecule has 1 N–H and O–H groups in total. The second-order valence-corrected chi connectivity index (χ2v) is 4.64. The van der Waals surface area contributed by atoms with Crippen molar-refractivity contribution < 1.29 is 9.53 Å². The zero-order valence-electron chi connectivity index (χ0n) is 9.78. The van der Waals surface area contributed by atoms with E-state index >= 15 is 0 Å². The van der Waals surface area contributed by atoms with Crippen LogP contribution in [0, 0.1) is 0 Å². The monoisotopic (exact) mass is 253 g/mol. The van der Waals surface area contributed by atoms with Gasteiger partial charge in [-0.2, -0.15) is 0 Å². The standard InChI is InChI=1S/C13H16ClNO2/c1-2-17-8-13(16)15-12-7-11(12)9-4-3-5-10(14)6-9/h3-6,11-12H,2,7-8H2,1H3,(H,15,16)/t11-,12-/m1/s1. The number of amides is 1. The van der Waals surface area contributed by atoms with Crippen LogP contribution in [0.15, 0.2) is 24.3 Å². The summed E-state index contributed by atoms with van der Waals surface area (Å²) in [5.41, 5.74) is 1.19. The predicted octanol–water partition coefficient (Wildman–Crippen LogP) is 2.35. The van der Waals surface area contributed by atoms with E-state index in [0.29, 0.717) is 12.5 Å². The highest BCUT2D eigenvalue weighted by molar-refractivity contribution is 6.30. The van der Waals surface area contributed by atoms with E-state index in [1.807, 2.05) is 31.2 Å². The third-order valence-corrected chi connectivity index (χ3v) is 3.09. The van der Waals surface area contributed by atoms with Crippen molar-refractivity contribution in [2.45, 2.75) is 25.3 Å². The van der Waals surface area contributed by atoms with Crippen LogP contribution < -0.4 is 5.32 Å². The summed E-state index contributed by atoms with van der Waals surface area (Å²) in [7, 11) is 0. The number of rotatable bonds is 5. The van der Waals surface area contributed by atoms with Crippen molar-refractivity contribution in [1.82, 2.24) is 5.32 Å². The highest BCUT2D eigenvalue weighted by Crippen LogP contribution is 2.41. The predicted molar refractivity (Wildman–Crippen MR) is 67.2 cm³/mol. The van der Waals surface area contributed by atoms with Crippen molar-refractivity contribution in [1.29, 1.82) is 0 Å². The van der Waals surface area contributed by atoms with Gasteiger partial charge < -0.3 is 10.1 Å². The summed E-state index contributed by atoms with van der Waals surface area (Å²) in [5, 5.41) is 3.69. The molecule has 1 aromatic carbocycles. The van der Waals surface area contributed by atoms with Gasteiger partial charge in [-0.1, -0.05) is 23.7 Å². The molecule has 0 aromatic heterocycles. The largest absolute Gasteiger partial charge is 0.372 e. The lowest BCUT2D eigenvalue weighted by molar-refractivity contribution is -0.125. The van der Waals surface area contributed by atoms with Crippen molar-refractivity contribution in [3.05, 3.63) is 34.9 Å². The van der Waals surface area contributed by atoms with Gasteiger partial charge in [0.1, 0.15) is 6.61 Å². The van der Waals surface area contributed by atoms with E-state index in [0.717, 1.165) is 11.4 Å². The van der Waals surface area contributed by atoms with Gasteiger partial charge in [-0.05, 0) is 31.0 Å². The van der Waals surface area contributed by atoms with Gasteiger partial charge in [0, 0.05) is 23.6 Å². The molecule has 1 aliphatic carbocycles. The molecular weight excluding hydrogens is 238 g/mol. The lowest BCUT2D eigenvalue weighted by Crippen LogP contribution is -2.30. The van der Waals surface area contributed by atoms with E-state index in [4.69, 9.17) is 16.3 Å². The van der Waals surface area contributed by atoms with Gasteiger partial charge in [0.15, 0.2) is 0 Å². The normalized spacial score (nSPS) is 22.2. The topological polar surface area (TPSA) is 38.3 Å². The van der Waals surface area contributed by atoms with Crippen LogP contribution in [0.25, 0.3) is 0 Å². The highest BCUT2D eigenvalue weighted by atomic mass is 35.5. The van der Waals surface area contributed by atoms with E-state index in [9.17, 15) is 4.79 Å². The Hall–Kier alpha value is -1.06. The molecule has 1 fully saturated rings. The first-order valence-corrected chi connectivity index (χ1v) is 6.21. The van der Waals surface area contributed by atoms with Gasteiger partial charge in [0.25, 0.3) is 0 Å². The van der Waals surface area contributed by atoms with Gasteiger partial charge in [-0.3, -0.25) is 4.79 Å². The number of carbonyl (C=O) groups is 1. The van der Waals surface area contributed by atoms with Crippen LogP contribution in [0.1, 0.15) is 24.8 Å². The molecule has 0 saturated heterocycles. The molecule has 0 radical (unpaired) electrons. The molecule has 17 heavy (non-hydrogen) atoms. The second-order valence-electron chi connectivity index (χ2n) is 4.21. The van der Waals surface area contributed by atoms with Crippen LogP contribution in [-0.4, -0.2) is 25.2 Å². The third kappa shape index (κ3) is 3.45. The number of halogens is 1. The lowest BCUT2D eigenvalue weighted by Gasteiger charge is -2.05. The summed E-state index contributed by atoms with van der Waals surface area (Å²) in [6.07, 6.45) is 0.984. The molecule has 1 amide bonds. The summed E-state index contributed by atoms with van der Waals surface area (Å²) in [4.78, 5) is 11.4. The summed E-state index contributed by atoms with van der Waals surface area (Å²) in [6, 6.07) is 8.04. The first-order chi connectivity index (χ1) is 8.20. The molecule has 2 rings (SSSR count). The molecule has 0 heterocycles. The molecule has 3 nitrogen and oxygen atoms in total. The maximum absolute atomic E-state index is 11.4. The Balaban J connectivity index is 1.82. The number of carbonyl (C=O) groups excluding carboxylic acids is 1. The lowest BCUT2D eigenvalue weighted by atomic mass is 10.1. The van der Waals surface area contributed by atoms with Crippen LogP contribution in [0.4, 0.5) is 0 Å². The second kappa shape index (κ2) is 5.52. The Bertz CT molecular complexity index is 408. The van der Waals surface area contributed by atoms with Crippen molar-refractivity contribution in [2.75, 3.05) is 13.2 Å². The minimum atomic E-state index is -0.0404. The summed E-state index contributed by atoms with van der Waals surface area (Å²) < 4.78 is 5.05. The summed E-state index contributed by atoms with van der Waals surface area (Å²) in [5.74, 6) is 0.362. The molecule has 0 bridgehead atoms. The maximum atomic E-state index is 11.4. The average molecular weight is 254 g/mol. The molecule has 0 spiro atoms. The zero-order chi connectivity index (χ0) is 12.3. The number of nitrogens with one attached hydrogen (secondary N) is 1. The summed E-state index contributed by atoms with van der Waals surface area (Å²) >= 11 is 5.93. The smallest absolute Gasteiger partial charge is 0.246 e. The minimum Gasteiger partial charge on any atom is -0.372 e. The van der Waals surface area contributed by atoms with Crippen molar-refractivity contribution >= 4 is 17.5 Å². The third-order valence-electron chi connectivity index (χ3n) is 2.85. The van der Waals surface area contributed by atoms with E-state index in [1.54, 1.807) is 0 Å². The average Bonchev–Trinajstić information content (AvgIpc) is 3.05. The number of ether oxygens (including phenoxy) is 1. The Morgan fingerprint density at radius 1 is 1.59 bits per heavy atom. The Labute approximate surface area is 106 Å². The van der Waals surface area contributed by atoms with Crippen molar-refractivity contribution in [2.24, 2.45) is 0 Å². The molecule has 0 aliphatic heterocycles. The molecule has 0 unspecified atom stereocenters. The Morgan fingerprint density at radius 3 is 3.12 bits per heavy atom. The molecular formula is C13H16ClNO2. The van der Waals surface area contributed by atoms with Gasteiger partial charge in [-0.25, -0.2) is 0 Å². The van der Waals surface area contributed by atoms with Crippen molar-refractivity contribution in [3.63, 3.8) is 0 Å². The van der Waals surface area contributed by atoms with E-state index < -0.39 is 0 Å². The van der Waals surface area contributed by atoms with Crippen LogP contribution in [0.3, 0.4) is 0 Å². The van der Waals surface area contributed by atoms with Gasteiger partial charge in [-0.15, -0.1) is 0 Å². The molecule has 1 saturated carbocycles. The number of hydrogen-bond acceptors (Lipinski definition) is 2. The Kier molecular flexibility index (Phi) is 4.02. The van der Waals surface area contributed by atoms with Crippen LogP contribution in [-0.2, 0) is 9.53 Å². The van der Waals surface area contributed by atoms with Crippen LogP contribution in [0.5, 0.6) is 0 Å². The molecule has 92 valence electrons. The van der Waals surface area contributed by atoms with E-state index in [2.05, 4.69) is 5.32 Å². The fraction of sp³-hybridized carbons (Fsp3) is 0.462. The minimum absolute atomic E-state index is 0.0404. The SMILES string of the molecule is CCOCC(=O)N[C@@H]1C[C@@H]1c1cccc(Cl)c1. The molecule has 4 heteroatoms.